The molecule has 0 spiro atoms. The molecule has 1 heterocycles. The van der Waals surface area contributed by atoms with E-state index in [0.29, 0.717) is 5.56 Å². The van der Waals surface area contributed by atoms with Crippen molar-refractivity contribution in [1.82, 2.24) is 4.90 Å². The summed E-state index contributed by atoms with van der Waals surface area (Å²) in [5.41, 5.74) is 0.513. The minimum atomic E-state index is -0.752. The number of benzene rings is 1. The molecular weight excluding hydrogens is 272 g/mol. The molecule has 21 heavy (non-hydrogen) atoms. The molecule has 0 bridgehead atoms. The van der Waals surface area contributed by atoms with Crippen LogP contribution in [0.5, 0.6) is 0 Å². The minimum absolute atomic E-state index is 0.0951. The molecule has 1 aromatic rings. The third-order valence-electron chi connectivity index (χ3n) is 5.11. The van der Waals surface area contributed by atoms with Crippen molar-refractivity contribution < 1.29 is 13.9 Å². The molecule has 1 N–H and O–H groups in total. The number of rotatable bonds is 2. The maximum atomic E-state index is 13.9. The highest BCUT2D eigenvalue weighted by molar-refractivity contribution is 5.23. The first kappa shape index (κ1) is 14.9. The predicted molar refractivity (Wildman–Crippen MR) is 78.2 cm³/mol. The SMILES string of the molecule is O[C@@H]1CCCC[C@H]1N1CCC(c2cccc(F)c2F)CC1. The number of aliphatic hydroxyl groups is 1. The van der Waals surface area contributed by atoms with Gasteiger partial charge in [-0.3, -0.25) is 4.90 Å². The molecule has 2 aliphatic rings. The largest absolute Gasteiger partial charge is 0.391 e. The van der Waals surface area contributed by atoms with Gasteiger partial charge < -0.3 is 5.11 Å². The molecule has 0 amide bonds. The van der Waals surface area contributed by atoms with Crippen LogP contribution in [0.1, 0.15) is 50.0 Å². The van der Waals surface area contributed by atoms with E-state index in [1.165, 1.54) is 12.5 Å². The zero-order chi connectivity index (χ0) is 14.8. The summed E-state index contributed by atoms with van der Waals surface area (Å²) >= 11 is 0. The van der Waals surface area contributed by atoms with Crippen LogP contribution in [0.4, 0.5) is 8.78 Å². The Morgan fingerprint density at radius 2 is 1.71 bits per heavy atom. The van der Waals surface area contributed by atoms with Crippen molar-refractivity contribution in [2.45, 2.75) is 56.6 Å². The van der Waals surface area contributed by atoms with Gasteiger partial charge in [-0.1, -0.05) is 25.0 Å². The summed E-state index contributed by atoms with van der Waals surface area (Å²) in [6.45, 7) is 1.73. The molecule has 1 aromatic carbocycles. The van der Waals surface area contributed by atoms with Crippen LogP contribution in [0.15, 0.2) is 18.2 Å². The zero-order valence-corrected chi connectivity index (χ0v) is 12.3. The van der Waals surface area contributed by atoms with Crippen LogP contribution in [0.3, 0.4) is 0 Å². The first-order valence-electron chi connectivity index (χ1n) is 8.03. The molecule has 1 aliphatic carbocycles. The quantitative estimate of drug-likeness (QED) is 0.903. The molecule has 2 nitrogen and oxygen atoms in total. The Morgan fingerprint density at radius 3 is 2.43 bits per heavy atom. The molecule has 3 rings (SSSR count). The van der Waals surface area contributed by atoms with E-state index in [2.05, 4.69) is 4.90 Å². The molecule has 1 aliphatic heterocycles. The van der Waals surface area contributed by atoms with Crippen LogP contribution in [0, 0.1) is 11.6 Å². The average molecular weight is 295 g/mol. The van der Waals surface area contributed by atoms with Gasteiger partial charge in [0.1, 0.15) is 0 Å². The van der Waals surface area contributed by atoms with Gasteiger partial charge in [0.05, 0.1) is 6.10 Å². The fraction of sp³-hybridized carbons (Fsp3) is 0.647. The third-order valence-corrected chi connectivity index (χ3v) is 5.11. The van der Waals surface area contributed by atoms with E-state index in [1.54, 1.807) is 12.1 Å². The van der Waals surface area contributed by atoms with Gasteiger partial charge in [-0.2, -0.15) is 0 Å². The Morgan fingerprint density at radius 1 is 1.00 bits per heavy atom. The number of halogens is 2. The summed E-state index contributed by atoms with van der Waals surface area (Å²) < 4.78 is 27.2. The van der Waals surface area contributed by atoms with Gasteiger partial charge in [-0.15, -0.1) is 0 Å². The van der Waals surface area contributed by atoms with E-state index in [1.807, 2.05) is 0 Å². The fourth-order valence-corrected chi connectivity index (χ4v) is 3.90. The smallest absolute Gasteiger partial charge is 0.162 e. The summed E-state index contributed by atoms with van der Waals surface area (Å²) in [6.07, 6.45) is 5.69. The Balaban J connectivity index is 1.63. The maximum Gasteiger partial charge on any atom is 0.162 e. The highest BCUT2D eigenvalue weighted by atomic mass is 19.2. The molecule has 2 atom stereocenters. The van der Waals surface area contributed by atoms with E-state index in [0.717, 1.165) is 45.2 Å². The van der Waals surface area contributed by atoms with Crippen molar-refractivity contribution in [2.24, 2.45) is 0 Å². The van der Waals surface area contributed by atoms with E-state index in [-0.39, 0.29) is 18.1 Å². The van der Waals surface area contributed by atoms with E-state index < -0.39 is 11.6 Å². The zero-order valence-electron chi connectivity index (χ0n) is 12.3. The van der Waals surface area contributed by atoms with Crippen LogP contribution in [-0.4, -0.2) is 35.2 Å². The summed E-state index contributed by atoms with van der Waals surface area (Å²) in [7, 11) is 0. The number of nitrogens with zero attached hydrogens (tertiary/aromatic N) is 1. The van der Waals surface area contributed by atoms with E-state index in [9.17, 15) is 13.9 Å². The van der Waals surface area contributed by atoms with Crippen LogP contribution in [0.2, 0.25) is 0 Å². The summed E-state index contributed by atoms with van der Waals surface area (Å²) in [5, 5.41) is 10.1. The second-order valence-electron chi connectivity index (χ2n) is 6.37. The van der Waals surface area contributed by atoms with Crippen molar-refractivity contribution in [3.63, 3.8) is 0 Å². The summed E-state index contributed by atoms with van der Waals surface area (Å²) in [6, 6.07) is 4.73. The van der Waals surface area contributed by atoms with Crippen LogP contribution >= 0.6 is 0 Å². The van der Waals surface area contributed by atoms with Gasteiger partial charge in [-0.05, 0) is 56.3 Å². The van der Waals surface area contributed by atoms with Crippen molar-refractivity contribution >= 4 is 0 Å². The van der Waals surface area contributed by atoms with Crippen LogP contribution < -0.4 is 0 Å². The number of hydrogen-bond donors (Lipinski definition) is 1. The second kappa shape index (κ2) is 6.41. The van der Waals surface area contributed by atoms with Crippen molar-refractivity contribution in [1.29, 1.82) is 0 Å². The molecule has 1 saturated heterocycles. The van der Waals surface area contributed by atoms with Gasteiger partial charge in [0.15, 0.2) is 11.6 Å². The number of hydrogen-bond acceptors (Lipinski definition) is 2. The molecule has 0 radical (unpaired) electrons. The maximum absolute atomic E-state index is 13.9. The number of aliphatic hydroxyl groups excluding tert-OH is 1. The molecule has 0 aromatic heterocycles. The van der Waals surface area contributed by atoms with Gasteiger partial charge in [0.25, 0.3) is 0 Å². The standard InChI is InChI=1S/C17H23F2NO/c18-14-5-3-4-13(17(14)19)12-8-10-20(11-9-12)15-6-1-2-7-16(15)21/h3-5,12,15-16,21H,1-2,6-11H2/t15-,16-/m1/s1. The monoisotopic (exact) mass is 295 g/mol. The highest BCUT2D eigenvalue weighted by Crippen LogP contribution is 2.33. The molecule has 0 unspecified atom stereocenters. The van der Waals surface area contributed by atoms with E-state index in [4.69, 9.17) is 0 Å². The first-order valence-corrected chi connectivity index (χ1v) is 8.03. The Kier molecular flexibility index (Phi) is 4.55. The van der Waals surface area contributed by atoms with Gasteiger partial charge in [0, 0.05) is 6.04 Å². The van der Waals surface area contributed by atoms with Gasteiger partial charge in [0.2, 0.25) is 0 Å². The lowest BCUT2D eigenvalue weighted by atomic mass is 9.85. The average Bonchev–Trinajstić information content (AvgIpc) is 2.51. The molecule has 2 fully saturated rings. The van der Waals surface area contributed by atoms with Gasteiger partial charge >= 0.3 is 0 Å². The minimum Gasteiger partial charge on any atom is -0.391 e. The molecular formula is C17H23F2NO. The van der Waals surface area contributed by atoms with Crippen molar-refractivity contribution in [3.05, 3.63) is 35.4 Å². The lowest BCUT2D eigenvalue weighted by Crippen LogP contribution is -2.48. The van der Waals surface area contributed by atoms with Crippen LogP contribution in [0.25, 0.3) is 0 Å². The van der Waals surface area contributed by atoms with Crippen LogP contribution in [-0.2, 0) is 0 Å². The Labute approximate surface area is 124 Å². The second-order valence-corrected chi connectivity index (χ2v) is 6.37. The lowest BCUT2D eigenvalue weighted by Gasteiger charge is -2.41. The highest BCUT2D eigenvalue weighted by Gasteiger charge is 2.32. The van der Waals surface area contributed by atoms with Crippen molar-refractivity contribution in [3.8, 4) is 0 Å². The normalized spacial score (nSPS) is 28.7. The Bertz CT molecular complexity index is 486. The third kappa shape index (κ3) is 3.11. The number of piperidine rings is 1. The van der Waals surface area contributed by atoms with Gasteiger partial charge in [-0.25, -0.2) is 8.78 Å². The van der Waals surface area contributed by atoms with Crippen molar-refractivity contribution in [2.75, 3.05) is 13.1 Å². The molecule has 1 saturated carbocycles. The first-order chi connectivity index (χ1) is 10.2. The summed E-state index contributed by atoms with van der Waals surface area (Å²) in [5.74, 6) is -1.34. The number of likely N-dealkylation sites (tertiary alicyclic amines) is 1. The Hall–Kier alpha value is -1.00. The molecule has 4 heteroatoms. The fourth-order valence-electron chi connectivity index (χ4n) is 3.90. The van der Waals surface area contributed by atoms with E-state index >= 15 is 0 Å². The lowest BCUT2D eigenvalue weighted by molar-refractivity contribution is 0.00854. The summed E-state index contributed by atoms with van der Waals surface area (Å²) in [4.78, 5) is 2.34. The molecule has 116 valence electrons. The predicted octanol–water partition coefficient (Wildman–Crippen LogP) is 3.45. The topological polar surface area (TPSA) is 23.5 Å².